The Morgan fingerprint density at radius 2 is 1.81 bits per heavy atom. The van der Waals surface area contributed by atoms with E-state index in [0.717, 1.165) is 24.3 Å². The van der Waals surface area contributed by atoms with Gasteiger partial charge in [0.25, 0.3) is 5.91 Å². The van der Waals surface area contributed by atoms with Crippen LogP contribution in [0.4, 0.5) is 11.4 Å². The molecule has 1 amide bonds. The molecule has 2 aromatic rings. The smallest absolute Gasteiger partial charge is 0.311 e. The fourth-order valence-corrected chi connectivity index (χ4v) is 2.98. The van der Waals surface area contributed by atoms with Crippen LogP contribution >= 0.6 is 0 Å². The first-order valence-electron chi connectivity index (χ1n) is 8.50. The minimum Gasteiger partial charge on any atom is -0.477 e. The van der Waals surface area contributed by atoms with E-state index >= 15 is 0 Å². The van der Waals surface area contributed by atoms with Gasteiger partial charge in [-0.3, -0.25) is 14.9 Å². The van der Waals surface area contributed by atoms with Gasteiger partial charge in [0.15, 0.2) is 12.4 Å². The van der Waals surface area contributed by atoms with Gasteiger partial charge in [0.2, 0.25) is 0 Å². The second-order valence-electron chi connectivity index (χ2n) is 6.22. The van der Waals surface area contributed by atoms with Crippen molar-refractivity contribution in [2.45, 2.75) is 6.92 Å². The van der Waals surface area contributed by atoms with Crippen LogP contribution in [0.5, 0.6) is 5.75 Å². The molecule has 136 valence electrons. The first-order valence-corrected chi connectivity index (χ1v) is 8.50. The average Bonchev–Trinajstić information content (AvgIpc) is 2.67. The molecule has 0 aliphatic carbocycles. The van der Waals surface area contributed by atoms with E-state index in [2.05, 4.69) is 17.0 Å². The third kappa shape index (κ3) is 4.11. The standard InChI is InChI=1S/C19H21N3O4/c1-15-7-8-18(17(13-15)22(24)25)26-14-19(23)21-11-9-20(10-12-21)16-5-3-2-4-6-16/h2-8,13H,9-12,14H2,1H3. The Bertz CT molecular complexity index is 787. The lowest BCUT2D eigenvalue weighted by Crippen LogP contribution is -2.50. The van der Waals surface area contributed by atoms with Crippen LogP contribution in [-0.2, 0) is 4.79 Å². The maximum absolute atomic E-state index is 12.4. The van der Waals surface area contributed by atoms with Gasteiger partial charge < -0.3 is 14.5 Å². The van der Waals surface area contributed by atoms with Gasteiger partial charge in [-0.25, -0.2) is 0 Å². The van der Waals surface area contributed by atoms with E-state index in [-0.39, 0.29) is 24.0 Å². The molecule has 1 saturated heterocycles. The SMILES string of the molecule is Cc1ccc(OCC(=O)N2CCN(c3ccccc3)CC2)c([N+](=O)[O-])c1. The maximum Gasteiger partial charge on any atom is 0.311 e. The Morgan fingerprint density at radius 3 is 2.46 bits per heavy atom. The Morgan fingerprint density at radius 1 is 1.12 bits per heavy atom. The zero-order valence-electron chi connectivity index (χ0n) is 14.6. The van der Waals surface area contributed by atoms with Crippen molar-refractivity contribution >= 4 is 17.3 Å². The molecule has 0 N–H and O–H groups in total. The number of anilines is 1. The number of piperazine rings is 1. The summed E-state index contributed by atoms with van der Waals surface area (Å²) in [6.45, 7) is 4.28. The number of para-hydroxylation sites is 1. The van der Waals surface area contributed by atoms with Gasteiger partial charge >= 0.3 is 5.69 Å². The summed E-state index contributed by atoms with van der Waals surface area (Å²) in [6.07, 6.45) is 0. The normalized spacial score (nSPS) is 14.2. The predicted octanol–water partition coefficient (Wildman–Crippen LogP) is 2.63. The zero-order chi connectivity index (χ0) is 18.5. The highest BCUT2D eigenvalue weighted by atomic mass is 16.6. The fraction of sp³-hybridized carbons (Fsp3) is 0.316. The minimum absolute atomic E-state index is 0.119. The molecular weight excluding hydrogens is 334 g/mol. The molecule has 1 aliphatic rings. The minimum atomic E-state index is -0.495. The number of benzene rings is 2. The summed E-state index contributed by atoms with van der Waals surface area (Å²) in [7, 11) is 0. The fourth-order valence-electron chi connectivity index (χ4n) is 2.98. The number of hydrogen-bond donors (Lipinski definition) is 0. The largest absolute Gasteiger partial charge is 0.477 e. The van der Waals surface area contributed by atoms with E-state index in [1.165, 1.54) is 12.1 Å². The van der Waals surface area contributed by atoms with Gasteiger partial charge in [0.1, 0.15) is 0 Å². The quantitative estimate of drug-likeness (QED) is 0.609. The summed E-state index contributed by atoms with van der Waals surface area (Å²) in [6, 6.07) is 14.8. The number of nitro benzene ring substituents is 1. The summed E-state index contributed by atoms with van der Waals surface area (Å²) < 4.78 is 5.43. The van der Waals surface area contributed by atoms with Gasteiger partial charge in [-0.15, -0.1) is 0 Å². The molecule has 1 fully saturated rings. The summed E-state index contributed by atoms with van der Waals surface area (Å²) in [4.78, 5) is 27.0. The monoisotopic (exact) mass is 355 g/mol. The van der Waals surface area contributed by atoms with Crippen LogP contribution in [0.15, 0.2) is 48.5 Å². The maximum atomic E-state index is 12.4. The van der Waals surface area contributed by atoms with Gasteiger partial charge in [-0.2, -0.15) is 0 Å². The van der Waals surface area contributed by atoms with Crippen molar-refractivity contribution in [2.75, 3.05) is 37.7 Å². The van der Waals surface area contributed by atoms with Crippen LogP contribution in [0.1, 0.15) is 5.56 Å². The van der Waals surface area contributed by atoms with Crippen LogP contribution in [0.2, 0.25) is 0 Å². The number of carbonyl (C=O) groups is 1. The van der Waals surface area contributed by atoms with E-state index in [1.54, 1.807) is 17.9 Å². The van der Waals surface area contributed by atoms with Crippen molar-refractivity contribution in [2.24, 2.45) is 0 Å². The average molecular weight is 355 g/mol. The van der Waals surface area contributed by atoms with Gasteiger partial charge in [-0.05, 0) is 30.7 Å². The van der Waals surface area contributed by atoms with E-state index in [0.29, 0.717) is 13.1 Å². The molecule has 1 aliphatic heterocycles. The Hall–Kier alpha value is -3.09. The number of aryl methyl sites for hydroxylation is 1. The van der Waals surface area contributed by atoms with Crippen molar-refractivity contribution in [1.82, 2.24) is 4.90 Å². The van der Waals surface area contributed by atoms with Crippen LogP contribution in [0, 0.1) is 17.0 Å². The number of rotatable bonds is 5. The van der Waals surface area contributed by atoms with Crippen molar-refractivity contribution < 1.29 is 14.5 Å². The van der Waals surface area contributed by atoms with Crippen LogP contribution in [-0.4, -0.2) is 48.5 Å². The lowest BCUT2D eigenvalue weighted by atomic mass is 10.2. The van der Waals surface area contributed by atoms with Crippen molar-refractivity contribution in [1.29, 1.82) is 0 Å². The summed E-state index contributed by atoms with van der Waals surface area (Å²) in [5, 5.41) is 11.1. The molecule has 7 heteroatoms. The third-order valence-electron chi connectivity index (χ3n) is 4.42. The third-order valence-corrected chi connectivity index (χ3v) is 4.42. The molecule has 0 radical (unpaired) electrons. The van der Waals surface area contributed by atoms with Crippen LogP contribution in [0.3, 0.4) is 0 Å². The number of ether oxygens (including phenoxy) is 1. The highest BCUT2D eigenvalue weighted by Crippen LogP contribution is 2.27. The van der Waals surface area contributed by atoms with Gasteiger partial charge in [0, 0.05) is 37.9 Å². The molecule has 0 aromatic heterocycles. The number of carbonyl (C=O) groups excluding carboxylic acids is 1. The summed E-state index contributed by atoms with van der Waals surface area (Å²) in [5.74, 6) is -0.0375. The molecule has 0 unspecified atom stereocenters. The first kappa shape index (κ1) is 17.7. The molecule has 7 nitrogen and oxygen atoms in total. The lowest BCUT2D eigenvalue weighted by Gasteiger charge is -2.36. The van der Waals surface area contributed by atoms with Gasteiger partial charge in [0.05, 0.1) is 4.92 Å². The molecule has 0 bridgehead atoms. The van der Waals surface area contributed by atoms with E-state index in [9.17, 15) is 14.9 Å². The Balaban J connectivity index is 1.55. The number of nitro groups is 1. The van der Waals surface area contributed by atoms with Crippen molar-refractivity contribution in [3.8, 4) is 5.75 Å². The van der Waals surface area contributed by atoms with Crippen molar-refractivity contribution in [3.63, 3.8) is 0 Å². The highest BCUT2D eigenvalue weighted by Gasteiger charge is 2.23. The molecule has 1 heterocycles. The predicted molar refractivity (Wildman–Crippen MR) is 98.6 cm³/mol. The second-order valence-corrected chi connectivity index (χ2v) is 6.22. The molecule has 3 rings (SSSR count). The van der Waals surface area contributed by atoms with E-state index in [4.69, 9.17) is 4.74 Å². The molecule has 26 heavy (non-hydrogen) atoms. The topological polar surface area (TPSA) is 75.9 Å². The summed E-state index contributed by atoms with van der Waals surface area (Å²) >= 11 is 0. The lowest BCUT2D eigenvalue weighted by molar-refractivity contribution is -0.385. The first-order chi connectivity index (χ1) is 12.5. The molecule has 0 saturated carbocycles. The van der Waals surface area contributed by atoms with E-state index in [1.807, 2.05) is 18.2 Å². The van der Waals surface area contributed by atoms with Gasteiger partial charge in [-0.1, -0.05) is 24.3 Å². The summed E-state index contributed by atoms with van der Waals surface area (Å²) in [5.41, 5.74) is 1.80. The van der Waals surface area contributed by atoms with E-state index < -0.39 is 4.92 Å². The van der Waals surface area contributed by atoms with Crippen LogP contribution < -0.4 is 9.64 Å². The molecule has 0 spiro atoms. The number of nitrogens with zero attached hydrogens (tertiary/aromatic N) is 3. The molecule has 2 aromatic carbocycles. The van der Waals surface area contributed by atoms with Crippen molar-refractivity contribution in [3.05, 3.63) is 64.2 Å². The highest BCUT2D eigenvalue weighted by molar-refractivity contribution is 5.78. The second kappa shape index (κ2) is 7.86. The molecular formula is C19H21N3O4. The van der Waals surface area contributed by atoms with Crippen LogP contribution in [0.25, 0.3) is 0 Å². The Labute approximate surface area is 151 Å². The zero-order valence-corrected chi connectivity index (χ0v) is 14.6. The Kier molecular flexibility index (Phi) is 5.36. The number of amides is 1. The number of hydrogen-bond acceptors (Lipinski definition) is 5. The molecule has 0 atom stereocenters.